The summed E-state index contributed by atoms with van der Waals surface area (Å²) in [5.41, 5.74) is 9.39. The normalized spacial score (nSPS) is 10.6. The molecule has 0 atom stereocenters. The Morgan fingerprint density at radius 1 is 1.15 bits per heavy atom. The second kappa shape index (κ2) is 7.41. The molecule has 1 aromatic carbocycles. The number of halogens is 1. The van der Waals surface area contributed by atoms with E-state index in [9.17, 15) is 0 Å². The lowest BCUT2D eigenvalue weighted by Gasteiger charge is -2.20. The molecule has 0 spiro atoms. The summed E-state index contributed by atoms with van der Waals surface area (Å²) in [5.74, 6) is 0. The van der Waals surface area contributed by atoms with Gasteiger partial charge in [0, 0.05) is 36.1 Å². The number of aromatic nitrogens is 1. The van der Waals surface area contributed by atoms with E-state index in [4.69, 9.17) is 5.73 Å². The average Bonchev–Trinajstić information content (AvgIpc) is 2.48. The van der Waals surface area contributed by atoms with Crippen molar-refractivity contribution in [1.29, 1.82) is 0 Å². The number of hydrogen-bond donors (Lipinski definition) is 1. The third-order valence-corrected chi connectivity index (χ3v) is 4.11. The molecule has 2 N–H and O–H groups in total. The summed E-state index contributed by atoms with van der Waals surface area (Å²) in [6.45, 7) is 1.66. The molecule has 4 heteroatoms. The molecule has 106 valence electrons. The van der Waals surface area contributed by atoms with Crippen molar-refractivity contribution >= 4 is 21.6 Å². The monoisotopic (exact) mass is 333 g/mol. The number of hydrogen-bond acceptors (Lipinski definition) is 3. The van der Waals surface area contributed by atoms with Gasteiger partial charge in [0.1, 0.15) is 0 Å². The van der Waals surface area contributed by atoms with Crippen LogP contribution in [-0.4, -0.2) is 25.1 Å². The highest BCUT2D eigenvalue weighted by molar-refractivity contribution is 9.10. The van der Waals surface area contributed by atoms with Crippen LogP contribution in [0.4, 0.5) is 5.69 Å². The van der Waals surface area contributed by atoms with Crippen molar-refractivity contribution in [1.82, 2.24) is 4.98 Å². The van der Waals surface area contributed by atoms with Crippen LogP contribution in [0.3, 0.4) is 0 Å². The molecule has 0 aliphatic carbocycles. The van der Waals surface area contributed by atoms with Gasteiger partial charge in [0.05, 0.1) is 0 Å². The fourth-order valence-corrected chi connectivity index (χ4v) is 2.67. The van der Waals surface area contributed by atoms with E-state index in [0.29, 0.717) is 6.54 Å². The lowest BCUT2D eigenvalue weighted by molar-refractivity contribution is 0.873. The van der Waals surface area contributed by atoms with Gasteiger partial charge in [-0.15, -0.1) is 0 Å². The van der Waals surface area contributed by atoms with E-state index in [-0.39, 0.29) is 0 Å². The van der Waals surface area contributed by atoms with E-state index in [1.165, 1.54) is 16.8 Å². The summed E-state index contributed by atoms with van der Waals surface area (Å²) in [6, 6.07) is 10.6. The quantitative estimate of drug-likeness (QED) is 0.883. The maximum Gasteiger partial charge on any atom is 0.0375 e. The molecule has 1 aromatic heterocycles. The average molecular weight is 334 g/mol. The summed E-state index contributed by atoms with van der Waals surface area (Å²) in [5, 5.41) is 0. The first-order valence-electron chi connectivity index (χ1n) is 6.79. The number of anilines is 1. The Labute approximate surface area is 129 Å². The van der Waals surface area contributed by atoms with Gasteiger partial charge in [-0.2, -0.15) is 0 Å². The SMILES string of the molecule is CN(CCc1ccncc1)c1ccc(CCN)c(Br)c1. The molecule has 0 saturated heterocycles. The van der Waals surface area contributed by atoms with Crippen LogP contribution in [0.5, 0.6) is 0 Å². The number of nitrogens with zero attached hydrogens (tertiary/aromatic N) is 2. The molecule has 2 aromatic rings. The second-order valence-electron chi connectivity index (χ2n) is 4.84. The van der Waals surface area contributed by atoms with E-state index in [0.717, 1.165) is 23.9 Å². The standard InChI is InChI=1S/C16H20BrN3/c1-20(11-7-13-5-9-19-10-6-13)15-3-2-14(4-8-18)16(17)12-15/h2-3,5-6,9-10,12H,4,7-8,11,18H2,1H3. The van der Waals surface area contributed by atoms with E-state index in [1.54, 1.807) is 0 Å². The molecule has 0 amide bonds. The molecule has 0 fully saturated rings. The van der Waals surface area contributed by atoms with Gasteiger partial charge in [0.2, 0.25) is 0 Å². The van der Waals surface area contributed by atoms with E-state index < -0.39 is 0 Å². The van der Waals surface area contributed by atoms with E-state index in [1.807, 2.05) is 12.4 Å². The topological polar surface area (TPSA) is 42.2 Å². The Morgan fingerprint density at radius 3 is 2.55 bits per heavy atom. The van der Waals surface area contributed by atoms with Crippen molar-refractivity contribution in [2.75, 3.05) is 25.0 Å². The van der Waals surface area contributed by atoms with Crippen LogP contribution in [0.2, 0.25) is 0 Å². The van der Waals surface area contributed by atoms with Gasteiger partial charge in [0.25, 0.3) is 0 Å². The molecule has 0 aliphatic heterocycles. The maximum atomic E-state index is 5.60. The summed E-state index contributed by atoms with van der Waals surface area (Å²) in [7, 11) is 2.12. The molecule has 0 unspecified atom stereocenters. The molecule has 0 saturated carbocycles. The predicted molar refractivity (Wildman–Crippen MR) is 88.1 cm³/mol. The van der Waals surface area contributed by atoms with Crippen LogP contribution in [0.1, 0.15) is 11.1 Å². The zero-order valence-electron chi connectivity index (χ0n) is 11.7. The number of likely N-dealkylation sites (N-methyl/N-ethyl adjacent to an activating group) is 1. The van der Waals surface area contributed by atoms with Crippen molar-refractivity contribution in [3.05, 3.63) is 58.3 Å². The van der Waals surface area contributed by atoms with Gasteiger partial charge in [-0.05, 0) is 54.8 Å². The highest BCUT2D eigenvalue weighted by Crippen LogP contribution is 2.24. The van der Waals surface area contributed by atoms with Crippen LogP contribution in [0.25, 0.3) is 0 Å². The summed E-state index contributed by atoms with van der Waals surface area (Å²) in [6.07, 6.45) is 5.60. The van der Waals surface area contributed by atoms with Crippen LogP contribution in [0.15, 0.2) is 47.2 Å². The largest absolute Gasteiger partial charge is 0.374 e. The van der Waals surface area contributed by atoms with Crippen molar-refractivity contribution in [3.8, 4) is 0 Å². The van der Waals surface area contributed by atoms with Gasteiger partial charge < -0.3 is 10.6 Å². The molecule has 1 heterocycles. The molecule has 20 heavy (non-hydrogen) atoms. The Bertz CT molecular complexity index is 543. The van der Waals surface area contributed by atoms with Crippen LogP contribution < -0.4 is 10.6 Å². The maximum absolute atomic E-state index is 5.60. The van der Waals surface area contributed by atoms with Gasteiger partial charge >= 0.3 is 0 Å². The fourth-order valence-electron chi connectivity index (χ4n) is 2.11. The Morgan fingerprint density at radius 2 is 1.90 bits per heavy atom. The van der Waals surface area contributed by atoms with Crippen LogP contribution >= 0.6 is 15.9 Å². The Balaban J connectivity index is 1.98. The molecule has 2 rings (SSSR count). The van der Waals surface area contributed by atoms with E-state index >= 15 is 0 Å². The van der Waals surface area contributed by atoms with Gasteiger partial charge in [0.15, 0.2) is 0 Å². The molecule has 0 bridgehead atoms. The highest BCUT2D eigenvalue weighted by atomic mass is 79.9. The van der Waals surface area contributed by atoms with Crippen molar-refractivity contribution in [2.45, 2.75) is 12.8 Å². The van der Waals surface area contributed by atoms with Gasteiger partial charge in [-0.1, -0.05) is 22.0 Å². The minimum Gasteiger partial charge on any atom is -0.374 e. The number of rotatable bonds is 6. The van der Waals surface area contributed by atoms with Crippen molar-refractivity contribution < 1.29 is 0 Å². The minimum absolute atomic E-state index is 0.676. The van der Waals surface area contributed by atoms with Crippen molar-refractivity contribution in [3.63, 3.8) is 0 Å². The minimum atomic E-state index is 0.676. The highest BCUT2D eigenvalue weighted by Gasteiger charge is 2.05. The summed E-state index contributed by atoms with van der Waals surface area (Å²) in [4.78, 5) is 6.30. The molecule has 0 radical (unpaired) electrons. The van der Waals surface area contributed by atoms with Crippen molar-refractivity contribution in [2.24, 2.45) is 5.73 Å². The van der Waals surface area contributed by atoms with Gasteiger partial charge in [-0.25, -0.2) is 0 Å². The Kier molecular flexibility index (Phi) is 5.56. The zero-order valence-corrected chi connectivity index (χ0v) is 13.3. The molecule has 0 aliphatic rings. The van der Waals surface area contributed by atoms with Gasteiger partial charge in [-0.3, -0.25) is 4.98 Å². The first kappa shape index (κ1) is 15.0. The molecular formula is C16H20BrN3. The zero-order chi connectivity index (χ0) is 14.4. The van der Waals surface area contributed by atoms with Crippen LogP contribution in [0, 0.1) is 0 Å². The summed E-state index contributed by atoms with van der Waals surface area (Å²) >= 11 is 3.62. The lowest BCUT2D eigenvalue weighted by Crippen LogP contribution is -2.20. The predicted octanol–water partition coefficient (Wildman–Crippen LogP) is 3.02. The lowest BCUT2D eigenvalue weighted by atomic mass is 10.1. The van der Waals surface area contributed by atoms with Crippen LogP contribution in [-0.2, 0) is 12.8 Å². The molecular weight excluding hydrogens is 314 g/mol. The fraction of sp³-hybridized carbons (Fsp3) is 0.312. The third kappa shape index (κ3) is 4.05. The Hall–Kier alpha value is -1.39. The van der Waals surface area contributed by atoms with E-state index in [2.05, 4.69) is 63.2 Å². The third-order valence-electron chi connectivity index (χ3n) is 3.38. The number of benzene rings is 1. The smallest absolute Gasteiger partial charge is 0.0375 e. The first-order chi connectivity index (χ1) is 9.70. The second-order valence-corrected chi connectivity index (χ2v) is 5.70. The first-order valence-corrected chi connectivity index (χ1v) is 7.58. The summed E-state index contributed by atoms with van der Waals surface area (Å²) < 4.78 is 1.14. The molecule has 3 nitrogen and oxygen atoms in total. The number of pyridine rings is 1. The number of nitrogens with two attached hydrogens (primary N) is 1.